The Morgan fingerprint density at radius 1 is 1.41 bits per heavy atom. The molecule has 1 unspecified atom stereocenters. The lowest BCUT2D eigenvalue weighted by Gasteiger charge is -2.21. The number of phenols is 1. The molecule has 17 heavy (non-hydrogen) atoms. The monoisotopic (exact) mass is 237 g/mol. The molecule has 1 amide bonds. The molecule has 0 fully saturated rings. The van der Waals surface area contributed by atoms with Crippen LogP contribution in [0.15, 0.2) is 24.3 Å². The fourth-order valence-electron chi connectivity index (χ4n) is 1.31. The zero-order chi connectivity index (χ0) is 12.9. The number of carbonyl (C=O) groups is 1. The van der Waals surface area contributed by atoms with Crippen LogP contribution in [0.1, 0.15) is 25.8 Å². The lowest BCUT2D eigenvalue weighted by atomic mass is 10.0. The highest BCUT2D eigenvalue weighted by molar-refractivity contribution is 5.79. The van der Waals surface area contributed by atoms with Gasteiger partial charge in [0, 0.05) is 12.1 Å². The van der Waals surface area contributed by atoms with Gasteiger partial charge in [0.1, 0.15) is 5.75 Å². The van der Waals surface area contributed by atoms with Gasteiger partial charge >= 0.3 is 0 Å². The molecule has 0 saturated heterocycles. The van der Waals surface area contributed by atoms with Gasteiger partial charge in [-0.3, -0.25) is 4.79 Å². The van der Waals surface area contributed by atoms with Crippen molar-refractivity contribution in [2.24, 2.45) is 0 Å². The molecule has 3 N–H and O–H groups in total. The Bertz CT molecular complexity index is 388. The minimum Gasteiger partial charge on any atom is -0.508 e. The lowest BCUT2D eigenvalue weighted by molar-refractivity contribution is -0.121. The molecule has 1 aromatic rings. The second-order valence-corrected chi connectivity index (χ2v) is 4.43. The van der Waals surface area contributed by atoms with E-state index in [1.54, 1.807) is 31.2 Å². The number of benzene rings is 1. The van der Waals surface area contributed by atoms with Crippen molar-refractivity contribution in [1.29, 1.82) is 0 Å². The van der Waals surface area contributed by atoms with E-state index in [-0.39, 0.29) is 24.6 Å². The molecule has 4 heteroatoms. The largest absolute Gasteiger partial charge is 0.508 e. The van der Waals surface area contributed by atoms with E-state index in [1.165, 1.54) is 0 Å². The minimum atomic E-state index is -0.881. The molecule has 0 bridgehead atoms. The van der Waals surface area contributed by atoms with Gasteiger partial charge in [-0.1, -0.05) is 25.1 Å². The number of para-hydroxylation sites is 1. The molecule has 4 nitrogen and oxygen atoms in total. The SMILES string of the molecule is CCC(C)(O)CNC(=O)Cc1ccccc1O. The van der Waals surface area contributed by atoms with Gasteiger partial charge in [0.25, 0.3) is 0 Å². The van der Waals surface area contributed by atoms with Crippen molar-refractivity contribution in [3.63, 3.8) is 0 Å². The molecule has 0 heterocycles. The van der Waals surface area contributed by atoms with Crippen LogP contribution in [0.3, 0.4) is 0 Å². The third-order valence-corrected chi connectivity index (χ3v) is 2.77. The first-order chi connectivity index (χ1) is 7.94. The van der Waals surface area contributed by atoms with E-state index in [9.17, 15) is 15.0 Å². The summed E-state index contributed by atoms with van der Waals surface area (Å²) >= 11 is 0. The second-order valence-electron chi connectivity index (χ2n) is 4.43. The van der Waals surface area contributed by atoms with E-state index in [0.717, 1.165) is 0 Å². The topological polar surface area (TPSA) is 69.6 Å². The molecule has 1 atom stereocenters. The minimum absolute atomic E-state index is 0.116. The van der Waals surface area contributed by atoms with Gasteiger partial charge in [-0.15, -0.1) is 0 Å². The summed E-state index contributed by atoms with van der Waals surface area (Å²) in [7, 11) is 0. The third-order valence-electron chi connectivity index (χ3n) is 2.77. The zero-order valence-electron chi connectivity index (χ0n) is 10.2. The first kappa shape index (κ1) is 13.5. The van der Waals surface area contributed by atoms with Crippen LogP contribution in [0, 0.1) is 0 Å². The van der Waals surface area contributed by atoms with Gasteiger partial charge in [-0.2, -0.15) is 0 Å². The summed E-state index contributed by atoms with van der Waals surface area (Å²) in [6.07, 6.45) is 0.691. The summed E-state index contributed by atoms with van der Waals surface area (Å²) in [6.45, 7) is 3.75. The van der Waals surface area contributed by atoms with E-state index in [2.05, 4.69) is 5.32 Å². The Balaban J connectivity index is 2.48. The predicted octanol–water partition coefficient (Wildman–Crippen LogP) is 1.21. The van der Waals surface area contributed by atoms with Crippen molar-refractivity contribution in [3.05, 3.63) is 29.8 Å². The molecule has 0 aliphatic carbocycles. The number of amides is 1. The fraction of sp³-hybridized carbons (Fsp3) is 0.462. The fourth-order valence-corrected chi connectivity index (χ4v) is 1.31. The van der Waals surface area contributed by atoms with E-state index < -0.39 is 5.60 Å². The Hall–Kier alpha value is -1.55. The van der Waals surface area contributed by atoms with Crippen molar-refractivity contribution in [2.75, 3.05) is 6.54 Å². The van der Waals surface area contributed by atoms with Crippen LogP contribution in [-0.2, 0) is 11.2 Å². The zero-order valence-corrected chi connectivity index (χ0v) is 10.2. The van der Waals surface area contributed by atoms with Gasteiger partial charge in [0.2, 0.25) is 5.91 Å². The van der Waals surface area contributed by atoms with Crippen molar-refractivity contribution < 1.29 is 15.0 Å². The standard InChI is InChI=1S/C13H19NO3/c1-3-13(2,17)9-14-12(16)8-10-6-4-5-7-11(10)15/h4-7,15,17H,3,8-9H2,1-2H3,(H,14,16). The maximum absolute atomic E-state index is 11.6. The highest BCUT2D eigenvalue weighted by Crippen LogP contribution is 2.16. The third kappa shape index (κ3) is 4.44. The average molecular weight is 237 g/mol. The first-order valence-electron chi connectivity index (χ1n) is 5.70. The number of aromatic hydroxyl groups is 1. The first-order valence-corrected chi connectivity index (χ1v) is 5.70. The molecule has 0 aliphatic heterocycles. The maximum atomic E-state index is 11.6. The summed E-state index contributed by atoms with van der Waals surface area (Å²) in [5, 5.41) is 21.9. The number of carbonyl (C=O) groups excluding carboxylic acids is 1. The average Bonchev–Trinajstić information content (AvgIpc) is 2.30. The predicted molar refractivity (Wildman–Crippen MR) is 65.7 cm³/mol. The summed E-state index contributed by atoms with van der Waals surface area (Å²) in [5.74, 6) is -0.0925. The van der Waals surface area contributed by atoms with Gasteiger partial charge < -0.3 is 15.5 Å². The Morgan fingerprint density at radius 2 is 2.06 bits per heavy atom. The normalized spacial score (nSPS) is 14.1. The van der Waals surface area contributed by atoms with Gasteiger partial charge in [0.05, 0.1) is 12.0 Å². The molecule has 1 rings (SSSR count). The van der Waals surface area contributed by atoms with Crippen molar-refractivity contribution >= 4 is 5.91 Å². The summed E-state index contributed by atoms with van der Waals surface area (Å²) in [6, 6.07) is 6.72. The summed E-state index contributed by atoms with van der Waals surface area (Å²) < 4.78 is 0. The van der Waals surface area contributed by atoms with E-state index >= 15 is 0 Å². The smallest absolute Gasteiger partial charge is 0.224 e. The summed E-state index contributed by atoms with van der Waals surface area (Å²) in [4.78, 5) is 11.6. The molecule has 1 aromatic carbocycles. The molecular formula is C13H19NO3. The van der Waals surface area contributed by atoms with Gasteiger partial charge in [-0.25, -0.2) is 0 Å². The number of hydrogen-bond acceptors (Lipinski definition) is 3. The number of aliphatic hydroxyl groups is 1. The van der Waals surface area contributed by atoms with E-state index in [4.69, 9.17) is 0 Å². The van der Waals surface area contributed by atoms with Crippen LogP contribution in [0.2, 0.25) is 0 Å². The quantitative estimate of drug-likeness (QED) is 0.721. The van der Waals surface area contributed by atoms with Crippen molar-refractivity contribution in [2.45, 2.75) is 32.3 Å². The van der Waals surface area contributed by atoms with Crippen LogP contribution < -0.4 is 5.32 Å². The van der Waals surface area contributed by atoms with Crippen LogP contribution >= 0.6 is 0 Å². The lowest BCUT2D eigenvalue weighted by Crippen LogP contribution is -2.40. The van der Waals surface area contributed by atoms with E-state index in [0.29, 0.717) is 12.0 Å². The molecule has 0 aromatic heterocycles. The van der Waals surface area contributed by atoms with Crippen LogP contribution in [0.5, 0.6) is 5.75 Å². The van der Waals surface area contributed by atoms with Crippen molar-refractivity contribution in [1.82, 2.24) is 5.32 Å². The molecular weight excluding hydrogens is 218 g/mol. The highest BCUT2D eigenvalue weighted by atomic mass is 16.3. The molecule has 94 valence electrons. The number of hydrogen-bond donors (Lipinski definition) is 3. The molecule has 0 saturated carbocycles. The maximum Gasteiger partial charge on any atom is 0.224 e. The Kier molecular flexibility index (Phi) is 4.52. The number of rotatable bonds is 5. The van der Waals surface area contributed by atoms with Crippen LogP contribution in [0.4, 0.5) is 0 Å². The highest BCUT2D eigenvalue weighted by Gasteiger charge is 2.18. The molecule has 0 radical (unpaired) electrons. The number of nitrogens with one attached hydrogen (secondary N) is 1. The van der Waals surface area contributed by atoms with Crippen LogP contribution in [-0.4, -0.2) is 28.3 Å². The van der Waals surface area contributed by atoms with Gasteiger partial charge in [-0.05, 0) is 19.4 Å². The Morgan fingerprint density at radius 3 is 2.65 bits per heavy atom. The van der Waals surface area contributed by atoms with E-state index in [1.807, 2.05) is 6.92 Å². The second kappa shape index (κ2) is 5.68. The van der Waals surface area contributed by atoms with Crippen molar-refractivity contribution in [3.8, 4) is 5.75 Å². The number of phenolic OH excluding ortho intramolecular Hbond substituents is 1. The Labute approximate surface area is 101 Å². The molecule has 0 spiro atoms. The van der Waals surface area contributed by atoms with Gasteiger partial charge in [0.15, 0.2) is 0 Å². The molecule has 0 aliphatic rings. The summed E-state index contributed by atoms with van der Waals surface area (Å²) in [5.41, 5.74) is -0.296. The van der Waals surface area contributed by atoms with Crippen LogP contribution in [0.25, 0.3) is 0 Å².